The maximum Gasteiger partial charge on any atom is 0.283 e. The summed E-state index contributed by atoms with van der Waals surface area (Å²) in [5.74, 6) is 0. The molecular formula is C14H10ClNO3S. The SMILES string of the molecule is O=Cc1ccccc1S(=O)(=O)N=Cc1ccc(Cl)cc1. The van der Waals surface area contributed by atoms with Gasteiger partial charge < -0.3 is 0 Å². The molecule has 0 saturated carbocycles. The van der Waals surface area contributed by atoms with Crippen molar-refractivity contribution in [2.45, 2.75) is 4.90 Å². The Labute approximate surface area is 121 Å². The molecule has 4 nitrogen and oxygen atoms in total. The van der Waals surface area contributed by atoms with Crippen LogP contribution in [0.4, 0.5) is 0 Å². The molecule has 6 heteroatoms. The van der Waals surface area contributed by atoms with Gasteiger partial charge in [-0.25, -0.2) is 0 Å². The van der Waals surface area contributed by atoms with E-state index in [9.17, 15) is 13.2 Å². The molecule has 0 N–H and O–H groups in total. The molecule has 0 heterocycles. The molecule has 0 aromatic heterocycles. The summed E-state index contributed by atoms with van der Waals surface area (Å²) >= 11 is 5.74. The Morgan fingerprint density at radius 1 is 1.00 bits per heavy atom. The van der Waals surface area contributed by atoms with Gasteiger partial charge in [-0.05, 0) is 23.8 Å². The first-order chi connectivity index (χ1) is 9.53. The lowest BCUT2D eigenvalue weighted by Gasteiger charge is -2.01. The van der Waals surface area contributed by atoms with Crippen molar-refractivity contribution in [2.24, 2.45) is 4.40 Å². The van der Waals surface area contributed by atoms with Gasteiger partial charge in [0.15, 0.2) is 6.29 Å². The standard InChI is InChI=1S/C14H10ClNO3S/c15-13-7-5-11(6-8-13)9-16-20(18,19)14-4-2-1-3-12(14)10-17/h1-10H. The minimum absolute atomic E-state index is 0.0840. The molecule has 0 atom stereocenters. The van der Waals surface area contributed by atoms with Crippen LogP contribution in [0.2, 0.25) is 5.02 Å². The number of nitrogens with zero attached hydrogens (tertiary/aromatic N) is 1. The fourth-order valence-corrected chi connectivity index (χ4v) is 2.71. The lowest BCUT2D eigenvalue weighted by molar-refractivity contribution is 0.112. The number of rotatable bonds is 4. The summed E-state index contributed by atoms with van der Waals surface area (Å²) in [7, 11) is -3.91. The Kier molecular flexibility index (Phi) is 4.32. The van der Waals surface area contributed by atoms with E-state index in [1.807, 2.05) is 0 Å². The number of hydrogen-bond donors (Lipinski definition) is 0. The van der Waals surface area contributed by atoms with E-state index >= 15 is 0 Å². The minimum atomic E-state index is -3.91. The first-order valence-electron chi connectivity index (χ1n) is 5.63. The quantitative estimate of drug-likeness (QED) is 0.644. The normalized spacial score (nSPS) is 11.7. The highest BCUT2D eigenvalue weighted by molar-refractivity contribution is 7.90. The Morgan fingerprint density at radius 3 is 2.30 bits per heavy atom. The number of halogens is 1. The van der Waals surface area contributed by atoms with Crippen molar-refractivity contribution in [1.82, 2.24) is 0 Å². The summed E-state index contributed by atoms with van der Waals surface area (Å²) in [6.45, 7) is 0. The average Bonchev–Trinajstić information content (AvgIpc) is 2.46. The number of aldehydes is 1. The van der Waals surface area contributed by atoms with Crippen LogP contribution in [0.3, 0.4) is 0 Å². The predicted molar refractivity (Wildman–Crippen MR) is 78.1 cm³/mol. The minimum Gasteiger partial charge on any atom is -0.298 e. The second-order valence-electron chi connectivity index (χ2n) is 3.92. The largest absolute Gasteiger partial charge is 0.298 e. The third-order valence-corrected chi connectivity index (χ3v) is 4.10. The van der Waals surface area contributed by atoms with Crippen LogP contribution in [-0.2, 0) is 10.0 Å². The van der Waals surface area contributed by atoms with Gasteiger partial charge in [0, 0.05) is 16.8 Å². The van der Waals surface area contributed by atoms with Crippen LogP contribution >= 0.6 is 11.6 Å². The molecule has 2 rings (SSSR count). The van der Waals surface area contributed by atoms with Gasteiger partial charge in [0.05, 0.1) is 4.90 Å². The second-order valence-corrected chi connectivity index (χ2v) is 5.95. The maximum atomic E-state index is 12.1. The van der Waals surface area contributed by atoms with E-state index in [2.05, 4.69) is 4.40 Å². The molecule has 0 amide bonds. The van der Waals surface area contributed by atoms with Crippen LogP contribution in [0.25, 0.3) is 0 Å². The van der Waals surface area contributed by atoms with Gasteiger partial charge in [-0.3, -0.25) is 4.79 Å². The molecule has 0 aliphatic carbocycles. The van der Waals surface area contributed by atoms with Crippen LogP contribution in [0.5, 0.6) is 0 Å². The van der Waals surface area contributed by atoms with E-state index < -0.39 is 10.0 Å². The first kappa shape index (κ1) is 14.4. The lowest BCUT2D eigenvalue weighted by Crippen LogP contribution is -2.01. The van der Waals surface area contributed by atoms with Gasteiger partial charge in [0.25, 0.3) is 10.0 Å². The van der Waals surface area contributed by atoms with E-state index in [1.165, 1.54) is 24.4 Å². The van der Waals surface area contributed by atoms with Gasteiger partial charge >= 0.3 is 0 Å². The predicted octanol–water partition coefficient (Wildman–Crippen LogP) is 2.96. The van der Waals surface area contributed by atoms with Crippen molar-refractivity contribution in [3.05, 3.63) is 64.7 Å². The Balaban J connectivity index is 2.36. The Hall–Kier alpha value is -1.98. The van der Waals surface area contributed by atoms with Crippen LogP contribution in [0.1, 0.15) is 15.9 Å². The number of hydrogen-bond acceptors (Lipinski definition) is 3. The third-order valence-electron chi connectivity index (χ3n) is 2.53. The van der Waals surface area contributed by atoms with Gasteiger partial charge in [0.2, 0.25) is 0 Å². The van der Waals surface area contributed by atoms with Gasteiger partial charge in [-0.2, -0.15) is 12.8 Å². The summed E-state index contributed by atoms with van der Waals surface area (Å²) in [6.07, 6.45) is 1.71. The molecule has 0 saturated heterocycles. The van der Waals surface area contributed by atoms with Crippen LogP contribution in [0, 0.1) is 0 Å². The smallest absolute Gasteiger partial charge is 0.283 e. The molecule has 0 bridgehead atoms. The topological polar surface area (TPSA) is 63.6 Å². The first-order valence-corrected chi connectivity index (χ1v) is 7.45. The molecule has 0 fully saturated rings. The second kappa shape index (κ2) is 5.98. The third kappa shape index (κ3) is 3.31. The number of benzene rings is 2. The molecule has 2 aromatic carbocycles. The summed E-state index contributed by atoms with van der Waals surface area (Å²) in [6, 6.07) is 12.5. The lowest BCUT2D eigenvalue weighted by atomic mass is 10.2. The van der Waals surface area contributed by atoms with Gasteiger partial charge in [0.1, 0.15) is 0 Å². The Bertz CT molecular complexity index is 752. The van der Waals surface area contributed by atoms with Gasteiger partial charge in [-0.1, -0.05) is 41.9 Å². The molecular weight excluding hydrogens is 298 g/mol. The van der Waals surface area contributed by atoms with Crippen molar-refractivity contribution < 1.29 is 13.2 Å². The molecule has 0 unspecified atom stereocenters. The molecule has 0 radical (unpaired) electrons. The zero-order chi connectivity index (χ0) is 14.6. The molecule has 2 aromatic rings. The molecule has 102 valence electrons. The van der Waals surface area contributed by atoms with Crippen molar-refractivity contribution in [3.63, 3.8) is 0 Å². The van der Waals surface area contributed by atoms with Crippen molar-refractivity contribution in [3.8, 4) is 0 Å². The summed E-state index contributed by atoms with van der Waals surface area (Å²) in [5.41, 5.74) is 0.683. The summed E-state index contributed by atoms with van der Waals surface area (Å²) in [4.78, 5) is 10.7. The van der Waals surface area contributed by atoms with E-state index in [4.69, 9.17) is 11.6 Å². The number of carbonyl (C=O) groups excluding carboxylic acids is 1. The van der Waals surface area contributed by atoms with Crippen LogP contribution in [-0.4, -0.2) is 20.9 Å². The molecule has 0 aliphatic rings. The molecule has 0 aliphatic heterocycles. The number of sulfonamides is 1. The zero-order valence-electron chi connectivity index (χ0n) is 10.2. The number of carbonyl (C=O) groups is 1. The van der Waals surface area contributed by atoms with E-state index in [0.717, 1.165) is 0 Å². The van der Waals surface area contributed by atoms with Crippen LogP contribution < -0.4 is 0 Å². The van der Waals surface area contributed by atoms with E-state index in [1.54, 1.807) is 30.3 Å². The highest BCUT2D eigenvalue weighted by atomic mass is 35.5. The highest BCUT2D eigenvalue weighted by Crippen LogP contribution is 2.16. The highest BCUT2D eigenvalue weighted by Gasteiger charge is 2.15. The zero-order valence-corrected chi connectivity index (χ0v) is 11.8. The van der Waals surface area contributed by atoms with Crippen molar-refractivity contribution in [2.75, 3.05) is 0 Å². The van der Waals surface area contributed by atoms with Crippen molar-refractivity contribution >= 4 is 34.1 Å². The van der Waals surface area contributed by atoms with Gasteiger partial charge in [-0.15, -0.1) is 0 Å². The monoisotopic (exact) mass is 307 g/mol. The molecule has 20 heavy (non-hydrogen) atoms. The fraction of sp³-hybridized carbons (Fsp3) is 0. The van der Waals surface area contributed by atoms with Crippen LogP contribution in [0.15, 0.2) is 57.8 Å². The van der Waals surface area contributed by atoms with E-state index in [0.29, 0.717) is 16.9 Å². The fourth-order valence-electron chi connectivity index (χ4n) is 1.55. The summed E-state index contributed by atoms with van der Waals surface area (Å²) < 4.78 is 27.7. The Morgan fingerprint density at radius 2 is 1.65 bits per heavy atom. The summed E-state index contributed by atoms with van der Waals surface area (Å²) in [5, 5.41) is 0.552. The maximum absolute atomic E-state index is 12.1. The van der Waals surface area contributed by atoms with Crippen molar-refractivity contribution in [1.29, 1.82) is 0 Å². The molecule has 0 spiro atoms. The van der Waals surface area contributed by atoms with E-state index in [-0.39, 0.29) is 10.5 Å². The average molecular weight is 308 g/mol.